The zero-order valence-corrected chi connectivity index (χ0v) is 9.64. The van der Waals surface area contributed by atoms with E-state index in [2.05, 4.69) is 5.32 Å². The molecule has 82 valence electrons. The van der Waals surface area contributed by atoms with Gasteiger partial charge >= 0.3 is 0 Å². The van der Waals surface area contributed by atoms with E-state index in [-0.39, 0.29) is 23.3 Å². The highest BCUT2D eigenvalue weighted by atomic mass is 32.2. The number of aliphatic hydroxyl groups excluding tert-OH is 1. The molecule has 1 rings (SSSR count). The van der Waals surface area contributed by atoms with Crippen molar-refractivity contribution in [3.05, 3.63) is 0 Å². The molecule has 2 N–H and O–H groups in total. The number of rotatable bonds is 3. The number of amides is 1. The molecule has 3 nitrogen and oxygen atoms in total. The summed E-state index contributed by atoms with van der Waals surface area (Å²) < 4.78 is 0. The van der Waals surface area contributed by atoms with E-state index in [4.69, 9.17) is 0 Å². The highest BCUT2D eigenvalue weighted by molar-refractivity contribution is 7.99. The number of carbonyl (C=O) groups is 1. The fourth-order valence-electron chi connectivity index (χ4n) is 1.69. The van der Waals surface area contributed by atoms with Crippen LogP contribution in [0.5, 0.6) is 0 Å². The highest BCUT2D eigenvalue weighted by Gasteiger charge is 2.25. The lowest BCUT2D eigenvalue weighted by Crippen LogP contribution is -2.47. The Balaban J connectivity index is 2.38. The maximum atomic E-state index is 11.5. The lowest BCUT2D eigenvalue weighted by atomic mass is 9.92. The predicted octanol–water partition coefficient (Wildman–Crippen LogP) is 1.16. The summed E-state index contributed by atoms with van der Waals surface area (Å²) in [6.07, 6.45) is 5.48. The van der Waals surface area contributed by atoms with Crippen molar-refractivity contribution in [2.24, 2.45) is 0 Å². The average molecular weight is 217 g/mol. The second kappa shape index (κ2) is 5.61. The van der Waals surface area contributed by atoms with Crippen LogP contribution in [0.25, 0.3) is 0 Å². The van der Waals surface area contributed by atoms with Gasteiger partial charge in [0.25, 0.3) is 0 Å². The number of hydrogen-bond acceptors (Lipinski definition) is 3. The number of carbonyl (C=O) groups excluding carboxylic acids is 1. The molecule has 0 bridgehead atoms. The van der Waals surface area contributed by atoms with Crippen molar-refractivity contribution in [2.75, 3.05) is 6.26 Å². The number of aliphatic hydroxyl groups is 1. The normalized spacial score (nSPS) is 29.6. The Hall–Kier alpha value is -0.220. The molecule has 1 amide bonds. The molecule has 0 radical (unpaired) electrons. The lowest BCUT2D eigenvalue weighted by Gasteiger charge is -2.29. The minimum Gasteiger partial charge on any atom is -0.391 e. The highest BCUT2D eigenvalue weighted by Crippen LogP contribution is 2.19. The van der Waals surface area contributed by atoms with Gasteiger partial charge in [-0.15, -0.1) is 0 Å². The van der Waals surface area contributed by atoms with Gasteiger partial charge in [0.1, 0.15) is 0 Å². The van der Waals surface area contributed by atoms with Crippen LogP contribution in [0.15, 0.2) is 0 Å². The summed E-state index contributed by atoms with van der Waals surface area (Å²) in [6.45, 7) is 1.88. The summed E-state index contributed by atoms with van der Waals surface area (Å²) in [6, 6.07) is -0.0224. The fraction of sp³-hybridized carbons (Fsp3) is 0.900. The van der Waals surface area contributed by atoms with Crippen LogP contribution >= 0.6 is 11.8 Å². The Kier molecular flexibility index (Phi) is 4.75. The topological polar surface area (TPSA) is 49.3 Å². The molecule has 1 aliphatic rings. The second-order valence-electron chi connectivity index (χ2n) is 3.84. The van der Waals surface area contributed by atoms with E-state index >= 15 is 0 Å². The molecule has 1 saturated carbocycles. The van der Waals surface area contributed by atoms with Gasteiger partial charge < -0.3 is 10.4 Å². The van der Waals surface area contributed by atoms with Gasteiger partial charge in [-0.25, -0.2) is 0 Å². The van der Waals surface area contributed by atoms with Crippen LogP contribution in [0.2, 0.25) is 0 Å². The molecule has 1 fully saturated rings. The molecule has 3 unspecified atom stereocenters. The largest absolute Gasteiger partial charge is 0.391 e. The van der Waals surface area contributed by atoms with Gasteiger partial charge in [-0.1, -0.05) is 12.8 Å². The maximum Gasteiger partial charge on any atom is 0.233 e. The molecule has 0 aliphatic heterocycles. The molecule has 0 aromatic carbocycles. The standard InChI is InChI=1S/C10H19NO2S/c1-7(14-2)10(13)11-8-5-3-4-6-9(8)12/h7-9,12H,3-6H2,1-2H3,(H,11,13). The van der Waals surface area contributed by atoms with Crippen molar-refractivity contribution in [1.82, 2.24) is 5.32 Å². The first-order valence-corrected chi connectivity index (χ1v) is 6.45. The summed E-state index contributed by atoms with van der Waals surface area (Å²) in [7, 11) is 0. The molecule has 14 heavy (non-hydrogen) atoms. The van der Waals surface area contributed by atoms with Crippen LogP contribution in [0.1, 0.15) is 32.6 Å². The third-order valence-corrected chi connectivity index (χ3v) is 3.70. The lowest BCUT2D eigenvalue weighted by molar-refractivity contribution is -0.122. The van der Waals surface area contributed by atoms with Gasteiger partial charge in [0.2, 0.25) is 5.91 Å². The van der Waals surface area contributed by atoms with Crippen LogP contribution in [0.3, 0.4) is 0 Å². The summed E-state index contributed by atoms with van der Waals surface area (Å²) in [5, 5.41) is 12.5. The molecule has 0 aromatic rings. The quantitative estimate of drug-likeness (QED) is 0.746. The minimum absolute atomic E-state index is 0.0224. The number of thioether (sulfide) groups is 1. The van der Waals surface area contributed by atoms with Crippen molar-refractivity contribution >= 4 is 17.7 Å². The second-order valence-corrected chi connectivity index (χ2v) is 5.02. The number of hydrogen-bond donors (Lipinski definition) is 2. The Morgan fingerprint density at radius 2 is 2.14 bits per heavy atom. The Labute approximate surface area is 89.6 Å². The van der Waals surface area contributed by atoms with E-state index < -0.39 is 0 Å². The number of nitrogens with one attached hydrogen (secondary N) is 1. The molecule has 3 atom stereocenters. The van der Waals surface area contributed by atoms with Crippen molar-refractivity contribution in [1.29, 1.82) is 0 Å². The molecule has 0 heterocycles. The first-order valence-electron chi connectivity index (χ1n) is 5.16. The molecular weight excluding hydrogens is 198 g/mol. The van der Waals surface area contributed by atoms with Gasteiger partial charge in [-0.05, 0) is 26.0 Å². The summed E-state index contributed by atoms with van der Waals surface area (Å²) in [5.74, 6) is 0.0449. The molecule has 0 spiro atoms. The van der Waals surface area contributed by atoms with Gasteiger partial charge in [0.05, 0.1) is 17.4 Å². The van der Waals surface area contributed by atoms with Crippen LogP contribution in [0, 0.1) is 0 Å². The summed E-state index contributed by atoms with van der Waals surface area (Å²) >= 11 is 1.53. The van der Waals surface area contributed by atoms with Crippen LogP contribution in [-0.2, 0) is 4.79 Å². The minimum atomic E-state index is -0.346. The molecular formula is C10H19NO2S. The summed E-state index contributed by atoms with van der Waals surface area (Å²) in [5.41, 5.74) is 0. The SMILES string of the molecule is CSC(C)C(=O)NC1CCCCC1O. The van der Waals surface area contributed by atoms with Crippen LogP contribution in [-0.4, -0.2) is 34.7 Å². The van der Waals surface area contributed by atoms with E-state index in [1.54, 1.807) is 0 Å². The van der Waals surface area contributed by atoms with Crippen molar-refractivity contribution in [3.63, 3.8) is 0 Å². The average Bonchev–Trinajstić information content (AvgIpc) is 2.20. The predicted molar refractivity (Wildman–Crippen MR) is 59.4 cm³/mol. The molecule has 0 aromatic heterocycles. The van der Waals surface area contributed by atoms with E-state index in [0.29, 0.717) is 0 Å². The monoisotopic (exact) mass is 217 g/mol. The van der Waals surface area contributed by atoms with E-state index in [1.165, 1.54) is 11.8 Å². The van der Waals surface area contributed by atoms with Gasteiger partial charge in [0, 0.05) is 0 Å². The Morgan fingerprint density at radius 3 is 2.71 bits per heavy atom. The summed E-state index contributed by atoms with van der Waals surface area (Å²) in [4.78, 5) is 11.5. The smallest absolute Gasteiger partial charge is 0.233 e. The zero-order valence-electron chi connectivity index (χ0n) is 8.82. The van der Waals surface area contributed by atoms with Crippen molar-refractivity contribution < 1.29 is 9.90 Å². The van der Waals surface area contributed by atoms with Crippen LogP contribution < -0.4 is 5.32 Å². The van der Waals surface area contributed by atoms with Gasteiger partial charge in [-0.3, -0.25) is 4.79 Å². The molecule has 4 heteroatoms. The Morgan fingerprint density at radius 1 is 1.50 bits per heavy atom. The first kappa shape index (κ1) is 11.9. The van der Waals surface area contributed by atoms with E-state index in [9.17, 15) is 9.90 Å². The van der Waals surface area contributed by atoms with E-state index in [1.807, 2.05) is 13.2 Å². The van der Waals surface area contributed by atoms with Crippen molar-refractivity contribution in [2.45, 2.75) is 50.0 Å². The van der Waals surface area contributed by atoms with Gasteiger partial charge in [-0.2, -0.15) is 11.8 Å². The molecule has 1 aliphatic carbocycles. The zero-order chi connectivity index (χ0) is 10.6. The van der Waals surface area contributed by atoms with E-state index in [0.717, 1.165) is 25.7 Å². The third-order valence-electron chi connectivity index (χ3n) is 2.78. The molecule has 0 saturated heterocycles. The Bertz CT molecular complexity index is 199. The first-order chi connectivity index (χ1) is 6.65. The fourth-order valence-corrected chi connectivity index (χ4v) is 1.97. The maximum absolute atomic E-state index is 11.5. The third kappa shape index (κ3) is 3.17. The van der Waals surface area contributed by atoms with Gasteiger partial charge in [0.15, 0.2) is 0 Å². The van der Waals surface area contributed by atoms with Crippen molar-refractivity contribution in [3.8, 4) is 0 Å². The van der Waals surface area contributed by atoms with Crippen LogP contribution in [0.4, 0.5) is 0 Å².